The van der Waals surface area contributed by atoms with Gasteiger partial charge in [0, 0.05) is 24.8 Å². The number of nitrogens with two attached hydrogens (primary N) is 1. The quantitative estimate of drug-likeness (QED) is 0.667. The van der Waals surface area contributed by atoms with Crippen LogP contribution >= 0.6 is 11.6 Å². The number of rotatable bonds is 5. The van der Waals surface area contributed by atoms with Crippen molar-refractivity contribution >= 4 is 23.1 Å². The first-order chi connectivity index (χ1) is 9.58. The first-order valence-electron chi connectivity index (χ1n) is 6.85. The van der Waals surface area contributed by atoms with Crippen molar-refractivity contribution in [2.75, 3.05) is 18.0 Å². The Morgan fingerprint density at radius 2 is 2.35 bits per heavy atom. The molecule has 2 N–H and O–H groups in total. The SMILES string of the molecule is CCN(c1ncc(Cl)cc1[N+](=O)[O-])C1CCCC1CN. The summed E-state index contributed by atoms with van der Waals surface area (Å²) in [5, 5.41) is 11.5. The standard InChI is InChI=1S/C13H19ClN4O2/c1-2-17(11-5-3-4-9(11)7-15)13-12(18(19)20)6-10(14)8-16-13/h6,8-9,11H,2-5,7,15H2,1H3. The number of anilines is 1. The second-order valence-electron chi connectivity index (χ2n) is 5.03. The molecule has 1 aliphatic rings. The van der Waals surface area contributed by atoms with Gasteiger partial charge in [0.2, 0.25) is 5.82 Å². The number of hydrogen-bond donors (Lipinski definition) is 1. The third-order valence-electron chi connectivity index (χ3n) is 3.95. The van der Waals surface area contributed by atoms with Crippen LogP contribution in [0.25, 0.3) is 0 Å². The number of halogens is 1. The van der Waals surface area contributed by atoms with Crippen LogP contribution in [0, 0.1) is 16.0 Å². The highest BCUT2D eigenvalue weighted by molar-refractivity contribution is 6.30. The second kappa shape index (κ2) is 6.37. The first kappa shape index (κ1) is 15.0. The van der Waals surface area contributed by atoms with Gasteiger partial charge in [0.15, 0.2) is 0 Å². The lowest BCUT2D eigenvalue weighted by molar-refractivity contribution is -0.384. The van der Waals surface area contributed by atoms with Crippen molar-refractivity contribution in [3.63, 3.8) is 0 Å². The van der Waals surface area contributed by atoms with Gasteiger partial charge in [-0.1, -0.05) is 18.0 Å². The van der Waals surface area contributed by atoms with Crippen LogP contribution in [0.2, 0.25) is 5.02 Å². The van der Waals surface area contributed by atoms with E-state index < -0.39 is 4.92 Å². The van der Waals surface area contributed by atoms with E-state index in [1.54, 1.807) is 0 Å². The maximum atomic E-state index is 11.2. The molecule has 1 aromatic heterocycles. The summed E-state index contributed by atoms with van der Waals surface area (Å²) in [6.45, 7) is 3.24. The zero-order valence-electron chi connectivity index (χ0n) is 11.5. The molecule has 2 rings (SSSR count). The van der Waals surface area contributed by atoms with Gasteiger partial charge in [-0.3, -0.25) is 10.1 Å². The summed E-state index contributed by atoms with van der Waals surface area (Å²) < 4.78 is 0. The van der Waals surface area contributed by atoms with Crippen LogP contribution in [0.5, 0.6) is 0 Å². The van der Waals surface area contributed by atoms with Crippen molar-refractivity contribution in [1.82, 2.24) is 4.98 Å². The third-order valence-corrected chi connectivity index (χ3v) is 4.15. The van der Waals surface area contributed by atoms with Crippen LogP contribution in [0.15, 0.2) is 12.3 Å². The van der Waals surface area contributed by atoms with Gasteiger partial charge in [-0.05, 0) is 32.2 Å². The lowest BCUT2D eigenvalue weighted by Gasteiger charge is -2.32. The molecule has 0 spiro atoms. The summed E-state index contributed by atoms with van der Waals surface area (Å²) in [4.78, 5) is 17.0. The molecule has 0 radical (unpaired) electrons. The van der Waals surface area contributed by atoms with Crippen molar-refractivity contribution in [3.05, 3.63) is 27.4 Å². The third kappa shape index (κ3) is 2.86. The molecule has 2 unspecified atom stereocenters. The Morgan fingerprint density at radius 1 is 1.60 bits per heavy atom. The van der Waals surface area contributed by atoms with E-state index in [0.29, 0.717) is 24.8 Å². The number of hydrogen-bond acceptors (Lipinski definition) is 5. The van der Waals surface area contributed by atoms with Gasteiger partial charge >= 0.3 is 5.69 Å². The summed E-state index contributed by atoms with van der Waals surface area (Å²) in [5.41, 5.74) is 5.77. The molecule has 1 aliphatic carbocycles. The zero-order chi connectivity index (χ0) is 14.7. The number of nitrogens with zero attached hydrogens (tertiary/aromatic N) is 3. The normalized spacial score (nSPS) is 21.9. The maximum absolute atomic E-state index is 11.2. The average Bonchev–Trinajstić information content (AvgIpc) is 2.89. The highest BCUT2D eigenvalue weighted by Gasteiger charge is 2.34. The van der Waals surface area contributed by atoms with Gasteiger partial charge in [0.1, 0.15) is 0 Å². The zero-order valence-corrected chi connectivity index (χ0v) is 12.2. The molecular formula is C13H19ClN4O2. The van der Waals surface area contributed by atoms with E-state index in [1.807, 2.05) is 11.8 Å². The Kier molecular flexibility index (Phi) is 4.77. The highest BCUT2D eigenvalue weighted by Crippen LogP contribution is 2.36. The van der Waals surface area contributed by atoms with Gasteiger partial charge < -0.3 is 10.6 Å². The average molecular weight is 299 g/mol. The fourth-order valence-electron chi connectivity index (χ4n) is 3.02. The predicted molar refractivity (Wildman–Crippen MR) is 79.1 cm³/mol. The van der Waals surface area contributed by atoms with Crippen LogP contribution < -0.4 is 10.6 Å². The molecule has 1 saturated carbocycles. The molecule has 0 amide bonds. The molecule has 1 heterocycles. The molecule has 20 heavy (non-hydrogen) atoms. The molecule has 1 aromatic rings. The topological polar surface area (TPSA) is 85.3 Å². The minimum Gasteiger partial charge on any atom is -0.348 e. The Hall–Kier alpha value is -1.40. The Bertz CT molecular complexity index is 497. The minimum absolute atomic E-state index is 0.0398. The highest BCUT2D eigenvalue weighted by atomic mass is 35.5. The largest absolute Gasteiger partial charge is 0.348 e. The van der Waals surface area contributed by atoms with Crippen LogP contribution in [0.3, 0.4) is 0 Å². The van der Waals surface area contributed by atoms with Gasteiger partial charge in [-0.25, -0.2) is 4.98 Å². The van der Waals surface area contributed by atoms with E-state index in [2.05, 4.69) is 4.98 Å². The smallest absolute Gasteiger partial charge is 0.313 e. The summed E-state index contributed by atoms with van der Waals surface area (Å²) in [6.07, 6.45) is 4.62. The van der Waals surface area contributed by atoms with E-state index in [0.717, 1.165) is 19.3 Å². The molecule has 0 bridgehead atoms. The summed E-state index contributed by atoms with van der Waals surface area (Å²) in [5.74, 6) is 0.763. The van der Waals surface area contributed by atoms with E-state index >= 15 is 0 Å². The van der Waals surface area contributed by atoms with Crippen LogP contribution in [-0.4, -0.2) is 29.0 Å². The lowest BCUT2D eigenvalue weighted by atomic mass is 10.0. The monoisotopic (exact) mass is 298 g/mol. The van der Waals surface area contributed by atoms with E-state index in [-0.39, 0.29) is 16.8 Å². The van der Waals surface area contributed by atoms with Gasteiger partial charge in [-0.15, -0.1) is 0 Å². The van der Waals surface area contributed by atoms with Gasteiger partial charge in [-0.2, -0.15) is 0 Å². The predicted octanol–water partition coefficient (Wildman–Crippen LogP) is 2.60. The molecule has 2 atom stereocenters. The fourth-order valence-corrected chi connectivity index (χ4v) is 3.17. The number of aromatic nitrogens is 1. The van der Waals surface area contributed by atoms with Crippen LogP contribution in [0.4, 0.5) is 11.5 Å². The first-order valence-corrected chi connectivity index (χ1v) is 7.22. The Morgan fingerprint density at radius 3 is 2.95 bits per heavy atom. The van der Waals surface area contributed by atoms with Crippen molar-refractivity contribution in [2.24, 2.45) is 11.7 Å². The number of pyridine rings is 1. The fraction of sp³-hybridized carbons (Fsp3) is 0.615. The Balaban J connectivity index is 2.39. The summed E-state index contributed by atoms with van der Waals surface area (Å²) >= 11 is 5.82. The van der Waals surface area contributed by atoms with E-state index in [9.17, 15) is 10.1 Å². The second-order valence-corrected chi connectivity index (χ2v) is 5.47. The molecule has 110 valence electrons. The molecular weight excluding hydrogens is 280 g/mol. The minimum atomic E-state index is -0.427. The van der Waals surface area contributed by atoms with Crippen molar-refractivity contribution < 1.29 is 4.92 Å². The number of nitro groups is 1. The maximum Gasteiger partial charge on any atom is 0.313 e. The van der Waals surface area contributed by atoms with Gasteiger partial charge in [0.05, 0.1) is 9.95 Å². The van der Waals surface area contributed by atoms with Crippen molar-refractivity contribution in [3.8, 4) is 0 Å². The molecule has 0 aromatic carbocycles. The van der Waals surface area contributed by atoms with Crippen molar-refractivity contribution in [2.45, 2.75) is 32.2 Å². The summed E-state index contributed by atoms with van der Waals surface area (Å²) in [6, 6.07) is 1.58. The Labute approximate surface area is 123 Å². The molecule has 0 aliphatic heterocycles. The van der Waals surface area contributed by atoms with Crippen LogP contribution in [0.1, 0.15) is 26.2 Å². The molecule has 7 heteroatoms. The van der Waals surface area contributed by atoms with Crippen molar-refractivity contribution in [1.29, 1.82) is 0 Å². The lowest BCUT2D eigenvalue weighted by Crippen LogP contribution is -2.41. The molecule has 0 saturated heterocycles. The molecule has 6 nitrogen and oxygen atoms in total. The van der Waals surface area contributed by atoms with Gasteiger partial charge in [0.25, 0.3) is 0 Å². The van der Waals surface area contributed by atoms with Crippen LogP contribution in [-0.2, 0) is 0 Å². The summed E-state index contributed by atoms with van der Waals surface area (Å²) in [7, 11) is 0. The molecule has 1 fully saturated rings. The van der Waals surface area contributed by atoms with E-state index in [1.165, 1.54) is 12.3 Å². The van der Waals surface area contributed by atoms with E-state index in [4.69, 9.17) is 17.3 Å².